The quantitative estimate of drug-likeness (QED) is 0.459. The number of ketones is 1. The summed E-state index contributed by atoms with van der Waals surface area (Å²) in [4.78, 5) is 12.3. The second kappa shape index (κ2) is 8.66. The molecule has 0 aromatic rings. The van der Waals surface area contributed by atoms with E-state index in [9.17, 15) is 9.90 Å². The van der Waals surface area contributed by atoms with Crippen molar-refractivity contribution in [3.8, 4) is 6.07 Å². The maximum atomic E-state index is 12.3. The van der Waals surface area contributed by atoms with Crippen molar-refractivity contribution >= 4 is 5.78 Å². The Kier molecular flexibility index (Phi) is 6.43. The Labute approximate surface area is 189 Å². The molecule has 7 atom stereocenters. The van der Waals surface area contributed by atoms with E-state index >= 15 is 0 Å². The minimum Gasteiger partial charge on any atom is -0.390 e. The number of nitrogens with zero attached hydrogens (tertiary/aromatic N) is 1. The molecule has 31 heavy (non-hydrogen) atoms. The summed E-state index contributed by atoms with van der Waals surface area (Å²) in [5, 5.41) is 20.0. The van der Waals surface area contributed by atoms with E-state index in [2.05, 4.69) is 26.8 Å². The number of fused-ring (bicyclic) bond motifs is 5. The molecule has 0 amide bonds. The Morgan fingerprint density at radius 2 is 1.74 bits per heavy atom. The molecule has 172 valence electrons. The van der Waals surface area contributed by atoms with Crippen LogP contribution in [0, 0.1) is 45.8 Å². The molecular weight excluding hydrogens is 382 g/mol. The van der Waals surface area contributed by atoms with Gasteiger partial charge in [-0.1, -0.05) is 45.1 Å². The van der Waals surface area contributed by atoms with Crippen LogP contribution in [0.25, 0.3) is 0 Å². The number of rotatable bonds is 7. The van der Waals surface area contributed by atoms with Gasteiger partial charge >= 0.3 is 0 Å². The fourth-order valence-corrected chi connectivity index (χ4v) is 8.38. The van der Waals surface area contributed by atoms with E-state index in [0.29, 0.717) is 35.9 Å². The molecule has 4 rings (SSSR count). The van der Waals surface area contributed by atoms with Crippen LogP contribution < -0.4 is 0 Å². The number of carbonyl (C=O) groups is 1. The first-order valence-electron chi connectivity index (χ1n) is 13.1. The third-order valence-corrected chi connectivity index (χ3v) is 10.6. The number of hydrogen-bond acceptors (Lipinski definition) is 3. The van der Waals surface area contributed by atoms with Crippen LogP contribution in [0.4, 0.5) is 0 Å². The van der Waals surface area contributed by atoms with Crippen LogP contribution in [-0.2, 0) is 4.79 Å². The molecule has 1 N–H and O–H groups in total. The summed E-state index contributed by atoms with van der Waals surface area (Å²) < 4.78 is 0. The minimum atomic E-state index is -0.534. The van der Waals surface area contributed by atoms with E-state index in [-0.39, 0.29) is 10.8 Å². The van der Waals surface area contributed by atoms with Crippen molar-refractivity contribution in [3.63, 3.8) is 0 Å². The second-order valence-corrected chi connectivity index (χ2v) is 12.0. The summed E-state index contributed by atoms with van der Waals surface area (Å²) in [5.41, 5.74) is 1.17. The zero-order chi connectivity index (χ0) is 22.3. The SMILES string of the molecule is C[C@]12CCC(=O)C=C1C[C@@H](CCCCCCCC#N)[C@@H]1[C@@H]2CC[C@@]2(C)[C@H]1CC[C@]2(C)O. The van der Waals surface area contributed by atoms with Gasteiger partial charge in [0, 0.05) is 12.8 Å². The molecule has 3 nitrogen and oxygen atoms in total. The Morgan fingerprint density at radius 3 is 2.52 bits per heavy atom. The molecule has 0 aromatic heterocycles. The van der Waals surface area contributed by atoms with Crippen molar-refractivity contribution in [1.82, 2.24) is 0 Å². The van der Waals surface area contributed by atoms with E-state index in [0.717, 1.165) is 38.5 Å². The molecule has 0 bridgehead atoms. The van der Waals surface area contributed by atoms with Gasteiger partial charge in [-0.25, -0.2) is 0 Å². The molecule has 0 aliphatic heterocycles. The zero-order valence-corrected chi connectivity index (χ0v) is 20.1. The summed E-state index contributed by atoms with van der Waals surface area (Å²) >= 11 is 0. The van der Waals surface area contributed by atoms with Gasteiger partial charge in [0.25, 0.3) is 0 Å². The van der Waals surface area contributed by atoms with Crippen LogP contribution in [0.3, 0.4) is 0 Å². The van der Waals surface area contributed by atoms with Gasteiger partial charge in [0.1, 0.15) is 0 Å². The second-order valence-electron chi connectivity index (χ2n) is 12.0. The van der Waals surface area contributed by atoms with Crippen molar-refractivity contribution in [3.05, 3.63) is 11.6 Å². The highest BCUT2D eigenvalue weighted by molar-refractivity contribution is 5.91. The molecule has 3 heteroatoms. The number of hydrogen-bond donors (Lipinski definition) is 1. The highest BCUT2D eigenvalue weighted by atomic mass is 16.3. The standard InChI is InChI=1S/C28H43NO2/c1-26-14-11-22(30)19-21(26)18-20(10-8-6-4-5-7-9-17-29)25-23(26)12-15-27(2)24(25)13-16-28(27,3)31/h19-20,23-25,31H,4-16,18H2,1-3H3/t20-,23+,24+,25-,26+,27+,28+/m1/s1. The Morgan fingerprint density at radius 1 is 1.03 bits per heavy atom. The van der Waals surface area contributed by atoms with Crippen LogP contribution in [-0.4, -0.2) is 16.5 Å². The van der Waals surface area contributed by atoms with E-state index in [4.69, 9.17) is 5.26 Å². The number of allylic oxidation sites excluding steroid dienone is 1. The van der Waals surface area contributed by atoms with E-state index in [1.807, 2.05) is 6.08 Å². The molecule has 4 aliphatic rings. The van der Waals surface area contributed by atoms with Crippen molar-refractivity contribution in [2.45, 2.75) is 116 Å². The average Bonchev–Trinajstić information content (AvgIpc) is 2.97. The molecule has 4 aliphatic carbocycles. The van der Waals surface area contributed by atoms with Crippen LogP contribution >= 0.6 is 0 Å². The van der Waals surface area contributed by atoms with Gasteiger partial charge in [-0.2, -0.15) is 5.26 Å². The lowest BCUT2D eigenvalue weighted by Gasteiger charge is -2.61. The largest absolute Gasteiger partial charge is 0.390 e. The van der Waals surface area contributed by atoms with Gasteiger partial charge in [-0.05, 0) is 98.9 Å². The smallest absolute Gasteiger partial charge is 0.155 e. The first kappa shape index (κ1) is 23.0. The number of nitriles is 1. The maximum absolute atomic E-state index is 12.3. The third kappa shape index (κ3) is 3.92. The van der Waals surface area contributed by atoms with Crippen molar-refractivity contribution in [2.75, 3.05) is 0 Å². The molecule has 0 unspecified atom stereocenters. The highest BCUT2D eigenvalue weighted by Gasteiger charge is 2.64. The monoisotopic (exact) mass is 425 g/mol. The molecule has 3 fully saturated rings. The first-order valence-corrected chi connectivity index (χ1v) is 13.1. The van der Waals surface area contributed by atoms with Crippen LogP contribution in [0.5, 0.6) is 0 Å². The summed E-state index contributed by atoms with van der Waals surface area (Å²) in [6.45, 7) is 6.94. The molecule has 3 saturated carbocycles. The highest BCUT2D eigenvalue weighted by Crippen LogP contribution is 2.69. The molecule has 0 radical (unpaired) electrons. The molecule has 0 aromatic carbocycles. The van der Waals surface area contributed by atoms with E-state index < -0.39 is 5.60 Å². The van der Waals surface area contributed by atoms with E-state index in [1.165, 1.54) is 50.5 Å². The predicted octanol–water partition coefficient (Wildman–Crippen LogP) is 6.75. The molecule has 0 spiro atoms. The predicted molar refractivity (Wildman–Crippen MR) is 124 cm³/mol. The van der Waals surface area contributed by atoms with Gasteiger partial charge in [0.2, 0.25) is 0 Å². The van der Waals surface area contributed by atoms with Gasteiger partial charge < -0.3 is 5.11 Å². The fourth-order valence-electron chi connectivity index (χ4n) is 8.38. The number of unbranched alkanes of at least 4 members (excludes halogenated alkanes) is 5. The van der Waals surface area contributed by atoms with Gasteiger partial charge in [0.15, 0.2) is 5.78 Å². The molecular formula is C28H43NO2. The number of aliphatic hydroxyl groups is 1. The molecule has 0 heterocycles. The van der Waals surface area contributed by atoms with Crippen molar-refractivity contribution < 1.29 is 9.90 Å². The Hall–Kier alpha value is -1.14. The maximum Gasteiger partial charge on any atom is 0.155 e. The average molecular weight is 426 g/mol. The van der Waals surface area contributed by atoms with Crippen LogP contribution in [0.15, 0.2) is 11.6 Å². The van der Waals surface area contributed by atoms with Gasteiger partial charge in [0.05, 0.1) is 11.7 Å². The fraction of sp³-hybridized carbons (Fsp3) is 0.857. The van der Waals surface area contributed by atoms with E-state index in [1.54, 1.807) is 0 Å². The third-order valence-electron chi connectivity index (χ3n) is 10.6. The van der Waals surface area contributed by atoms with Crippen molar-refractivity contribution in [1.29, 1.82) is 5.26 Å². The topological polar surface area (TPSA) is 61.1 Å². The lowest BCUT2D eigenvalue weighted by molar-refractivity contribution is -0.135. The Balaban J connectivity index is 1.53. The summed E-state index contributed by atoms with van der Waals surface area (Å²) in [6, 6.07) is 2.25. The lowest BCUT2D eigenvalue weighted by Crippen LogP contribution is -2.56. The Bertz CT molecular complexity index is 761. The first-order chi connectivity index (χ1) is 14.7. The number of carbonyl (C=O) groups excluding carboxylic acids is 1. The summed E-state index contributed by atoms with van der Waals surface area (Å²) in [7, 11) is 0. The van der Waals surface area contributed by atoms with Crippen LogP contribution in [0.2, 0.25) is 0 Å². The normalized spacial score (nSPS) is 44.1. The summed E-state index contributed by atoms with van der Waals surface area (Å²) in [6.07, 6.45) is 17.3. The minimum absolute atomic E-state index is 0.0474. The molecule has 0 saturated heterocycles. The van der Waals surface area contributed by atoms with Crippen molar-refractivity contribution in [2.24, 2.45) is 34.5 Å². The van der Waals surface area contributed by atoms with Gasteiger partial charge in [-0.3, -0.25) is 4.79 Å². The summed E-state index contributed by atoms with van der Waals surface area (Å²) in [5.74, 6) is 2.99. The zero-order valence-electron chi connectivity index (χ0n) is 20.1. The van der Waals surface area contributed by atoms with Gasteiger partial charge in [-0.15, -0.1) is 0 Å². The van der Waals surface area contributed by atoms with Crippen LogP contribution in [0.1, 0.15) is 111 Å². The lowest BCUT2D eigenvalue weighted by atomic mass is 9.44.